The number of nitrogens with zero attached hydrogens (tertiary/aromatic N) is 3. The van der Waals surface area contributed by atoms with Crippen LogP contribution in [0.25, 0.3) is 0 Å². The Hall–Kier alpha value is -1.20. The van der Waals surface area contributed by atoms with Gasteiger partial charge in [-0.3, -0.25) is 0 Å². The van der Waals surface area contributed by atoms with E-state index in [2.05, 4.69) is 35.1 Å². The molecule has 0 aromatic carbocycles. The Balaban J connectivity index is 2.17. The fourth-order valence-electron chi connectivity index (χ4n) is 2.67. The van der Waals surface area contributed by atoms with Gasteiger partial charge in [0.05, 0.1) is 6.61 Å². The standard InChI is InChI=1S/C16H28N4O/c1-12(2)15-10-13(3)18-16(19-15)20(8-9-21-4)11-14-6-5-7-17-14/h10,12,14,17H,5-9,11H2,1-4H3. The minimum Gasteiger partial charge on any atom is -0.383 e. The zero-order chi connectivity index (χ0) is 15.2. The van der Waals surface area contributed by atoms with Crippen molar-refractivity contribution in [3.8, 4) is 0 Å². The third-order valence-electron chi connectivity index (χ3n) is 3.91. The Morgan fingerprint density at radius 2 is 2.24 bits per heavy atom. The number of aromatic nitrogens is 2. The average molecular weight is 292 g/mol. The van der Waals surface area contributed by atoms with E-state index in [4.69, 9.17) is 9.72 Å². The third-order valence-corrected chi connectivity index (χ3v) is 3.91. The zero-order valence-corrected chi connectivity index (χ0v) is 13.7. The highest BCUT2D eigenvalue weighted by atomic mass is 16.5. The van der Waals surface area contributed by atoms with E-state index >= 15 is 0 Å². The molecular weight excluding hydrogens is 264 g/mol. The highest BCUT2D eigenvalue weighted by molar-refractivity contribution is 5.33. The first kappa shape index (κ1) is 16.2. The van der Waals surface area contributed by atoms with Crippen LogP contribution in [0.15, 0.2) is 6.07 Å². The number of anilines is 1. The van der Waals surface area contributed by atoms with Gasteiger partial charge in [0.2, 0.25) is 5.95 Å². The molecule has 0 amide bonds. The Bertz CT molecular complexity index is 444. The minimum absolute atomic E-state index is 0.416. The molecule has 0 spiro atoms. The molecule has 1 aliphatic rings. The van der Waals surface area contributed by atoms with Crippen molar-refractivity contribution in [2.45, 2.75) is 45.6 Å². The minimum atomic E-state index is 0.416. The molecule has 2 heterocycles. The van der Waals surface area contributed by atoms with Crippen molar-refractivity contribution in [2.24, 2.45) is 0 Å². The van der Waals surface area contributed by atoms with Crippen LogP contribution in [0.3, 0.4) is 0 Å². The van der Waals surface area contributed by atoms with Crippen molar-refractivity contribution in [3.05, 3.63) is 17.5 Å². The number of ether oxygens (including phenoxy) is 1. The van der Waals surface area contributed by atoms with Gasteiger partial charge in [-0.15, -0.1) is 0 Å². The molecular formula is C16H28N4O. The first-order chi connectivity index (χ1) is 10.1. The van der Waals surface area contributed by atoms with Crippen LogP contribution in [0.4, 0.5) is 5.95 Å². The molecule has 0 saturated carbocycles. The van der Waals surface area contributed by atoms with E-state index < -0.39 is 0 Å². The van der Waals surface area contributed by atoms with Crippen molar-refractivity contribution in [1.82, 2.24) is 15.3 Å². The van der Waals surface area contributed by atoms with Crippen molar-refractivity contribution in [1.29, 1.82) is 0 Å². The lowest BCUT2D eigenvalue weighted by Crippen LogP contribution is -2.40. The summed E-state index contributed by atoms with van der Waals surface area (Å²) < 4.78 is 5.25. The van der Waals surface area contributed by atoms with Gasteiger partial charge in [-0.05, 0) is 38.3 Å². The van der Waals surface area contributed by atoms with E-state index in [1.54, 1.807) is 7.11 Å². The van der Waals surface area contributed by atoms with Gasteiger partial charge >= 0.3 is 0 Å². The third kappa shape index (κ3) is 4.64. The van der Waals surface area contributed by atoms with Gasteiger partial charge in [-0.2, -0.15) is 0 Å². The van der Waals surface area contributed by atoms with Gasteiger partial charge in [0.25, 0.3) is 0 Å². The first-order valence-electron chi connectivity index (χ1n) is 7.93. The van der Waals surface area contributed by atoms with Crippen LogP contribution >= 0.6 is 0 Å². The summed E-state index contributed by atoms with van der Waals surface area (Å²) >= 11 is 0. The Morgan fingerprint density at radius 3 is 2.86 bits per heavy atom. The number of hydrogen-bond acceptors (Lipinski definition) is 5. The summed E-state index contributed by atoms with van der Waals surface area (Å²) in [5.41, 5.74) is 2.14. The number of methoxy groups -OCH3 is 1. The summed E-state index contributed by atoms with van der Waals surface area (Å²) in [6, 6.07) is 2.62. The van der Waals surface area contributed by atoms with E-state index in [0.29, 0.717) is 18.6 Å². The van der Waals surface area contributed by atoms with Gasteiger partial charge < -0.3 is 15.0 Å². The maximum atomic E-state index is 5.25. The summed E-state index contributed by atoms with van der Waals surface area (Å²) in [5, 5.41) is 3.55. The summed E-state index contributed by atoms with van der Waals surface area (Å²) in [5.74, 6) is 1.25. The number of aryl methyl sites for hydroxylation is 1. The molecule has 0 aliphatic carbocycles. The predicted octanol–water partition coefficient (Wildman–Crippen LogP) is 2.11. The molecule has 1 aromatic heterocycles. The second-order valence-corrected chi connectivity index (χ2v) is 6.12. The van der Waals surface area contributed by atoms with Crippen LogP contribution in [0.1, 0.15) is 44.0 Å². The second kappa shape index (κ2) is 7.71. The van der Waals surface area contributed by atoms with Crippen molar-refractivity contribution >= 4 is 5.95 Å². The summed E-state index contributed by atoms with van der Waals surface area (Å²) in [6.45, 7) is 9.97. The van der Waals surface area contributed by atoms with Gasteiger partial charge in [0.1, 0.15) is 0 Å². The number of rotatable bonds is 7. The first-order valence-corrected chi connectivity index (χ1v) is 7.93. The van der Waals surface area contributed by atoms with Crippen LogP contribution in [0.2, 0.25) is 0 Å². The highest BCUT2D eigenvalue weighted by Gasteiger charge is 2.20. The predicted molar refractivity (Wildman–Crippen MR) is 86.0 cm³/mol. The second-order valence-electron chi connectivity index (χ2n) is 6.12. The van der Waals surface area contributed by atoms with Crippen LogP contribution in [0.5, 0.6) is 0 Å². The monoisotopic (exact) mass is 292 g/mol. The molecule has 1 atom stereocenters. The Kier molecular flexibility index (Phi) is 5.94. The largest absolute Gasteiger partial charge is 0.383 e. The lowest BCUT2D eigenvalue weighted by Gasteiger charge is -2.26. The maximum absolute atomic E-state index is 5.25. The Labute approximate surface area is 128 Å². The molecule has 5 nitrogen and oxygen atoms in total. The molecule has 118 valence electrons. The van der Waals surface area contributed by atoms with E-state index in [-0.39, 0.29) is 0 Å². The molecule has 1 saturated heterocycles. The summed E-state index contributed by atoms with van der Waals surface area (Å²) in [4.78, 5) is 11.7. The average Bonchev–Trinajstić information content (AvgIpc) is 2.95. The summed E-state index contributed by atoms with van der Waals surface area (Å²) in [7, 11) is 1.74. The molecule has 1 aromatic rings. The number of hydrogen-bond donors (Lipinski definition) is 1. The smallest absolute Gasteiger partial charge is 0.225 e. The van der Waals surface area contributed by atoms with Gasteiger partial charge in [-0.25, -0.2) is 9.97 Å². The molecule has 0 radical (unpaired) electrons. The lowest BCUT2D eigenvalue weighted by molar-refractivity contribution is 0.204. The fraction of sp³-hybridized carbons (Fsp3) is 0.750. The SMILES string of the molecule is COCCN(CC1CCCN1)c1nc(C)cc(C(C)C)n1. The van der Waals surface area contributed by atoms with Crippen LogP contribution in [-0.2, 0) is 4.74 Å². The number of nitrogens with one attached hydrogen (secondary N) is 1. The molecule has 5 heteroatoms. The van der Waals surface area contributed by atoms with Crippen LogP contribution in [-0.4, -0.2) is 49.4 Å². The Morgan fingerprint density at radius 1 is 1.43 bits per heavy atom. The molecule has 1 N–H and O–H groups in total. The molecule has 2 rings (SSSR count). The fourth-order valence-corrected chi connectivity index (χ4v) is 2.67. The topological polar surface area (TPSA) is 50.3 Å². The van der Waals surface area contributed by atoms with E-state index in [1.165, 1.54) is 12.8 Å². The van der Waals surface area contributed by atoms with Gasteiger partial charge in [0, 0.05) is 37.6 Å². The molecule has 21 heavy (non-hydrogen) atoms. The van der Waals surface area contributed by atoms with Gasteiger partial charge in [0.15, 0.2) is 0 Å². The van der Waals surface area contributed by atoms with Crippen LogP contribution < -0.4 is 10.2 Å². The summed E-state index contributed by atoms with van der Waals surface area (Å²) in [6.07, 6.45) is 2.49. The van der Waals surface area contributed by atoms with Gasteiger partial charge in [-0.1, -0.05) is 13.8 Å². The molecule has 1 unspecified atom stereocenters. The molecule has 1 fully saturated rings. The quantitative estimate of drug-likeness (QED) is 0.834. The lowest BCUT2D eigenvalue weighted by atomic mass is 10.1. The van der Waals surface area contributed by atoms with Crippen molar-refractivity contribution in [3.63, 3.8) is 0 Å². The zero-order valence-electron chi connectivity index (χ0n) is 13.7. The van der Waals surface area contributed by atoms with E-state index in [1.807, 2.05) is 6.92 Å². The normalized spacial score (nSPS) is 18.4. The highest BCUT2D eigenvalue weighted by Crippen LogP contribution is 2.18. The van der Waals surface area contributed by atoms with E-state index in [9.17, 15) is 0 Å². The molecule has 0 bridgehead atoms. The maximum Gasteiger partial charge on any atom is 0.225 e. The van der Waals surface area contributed by atoms with Crippen molar-refractivity contribution < 1.29 is 4.74 Å². The van der Waals surface area contributed by atoms with Crippen molar-refractivity contribution in [2.75, 3.05) is 38.3 Å². The van der Waals surface area contributed by atoms with Crippen LogP contribution in [0, 0.1) is 6.92 Å². The molecule has 1 aliphatic heterocycles. The van der Waals surface area contributed by atoms with E-state index in [0.717, 1.165) is 37.0 Å².